The number of halogens is 3. The van der Waals surface area contributed by atoms with Crippen LogP contribution in [-0.4, -0.2) is 11.1 Å². The van der Waals surface area contributed by atoms with Gasteiger partial charge in [-0.25, -0.2) is 0 Å². The minimum absolute atomic E-state index is 0.0878. The third kappa shape index (κ3) is 3.98. The Morgan fingerprint density at radius 2 is 2.04 bits per heavy atom. The van der Waals surface area contributed by atoms with Crippen LogP contribution in [0, 0.1) is 0 Å². The molecule has 3 rings (SSSR count). The van der Waals surface area contributed by atoms with E-state index in [9.17, 15) is 18.0 Å². The van der Waals surface area contributed by atoms with Crippen LogP contribution in [0.2, 0.25) is 0 Å². The number of aryl methyl sites for hydroxylation is 1. The highest BCUT2D eigenvalue weighted by Gasteiger charge is 2.32. The van der Waals surface area contributed by atoms with E-state index in [4.69, 9.17) is 4.52 Å². The Kier molecular flexibility index (Phi) is 5.15. The highest BCUT2D eigenvalue weighted by Crippen LogP contribution is 2.38. The summed E-state index contributed by atoms with van der Waals surface area (Å²) < 4.78 is 45.2. The second-order valence-corrected chi connectivity index (χ2v) is 6.32. The number of fused-ring (bicyclic) bond motifs is 1. The van der Waals surface area contributed by atoms with Crippen molar-refractivity contribution >= 4 is 11.6 Å². The van der Waals surface area contributed by atoms with E-state index in [2.05, 4.69) is 17.1 Å². The SMILES string of the molecule is C=CCCC(=O)Nc1cc(-c2onc3c2CCCC3)cc(C(F)(F)F)c1. The van der Waals surface area contributed by atoms with Crippen LogP contribution < -0.4 is 5.32 Å². The molecule has 0 bridgehead atoms. The molecule has 7 heteroatoms. The standard InChI is InChI=1S/C19H19F3N2O2/c1-2-3-8-17(25)23-14-10-12(9-13(11-14)19(20,21)22)18-15-6-4-5-7-16(15)24-26-18/h2,9-11H,1,3-8H2,(H,23,25). The van der Waals surface area contributed by atoms with Gasteiger partial charge in [0, 0.05) is 23.2 Å². The van der Waals surface area contributed by atoms with E-state index < -0.39 is 11.7 Å². The van der Waals surface area contributed by atoms with Gasteiger partial charge in [-0.15, -0.1) is 6.58 Å². The fourth-order valence-electron chi connectivity index (χ4n) is 3.07. The quantitative estimate of drug-likeness (QED) is 0.747. The number of hydrogen-bond donors (Lipinski definition) is 1. The first kappa shape index (κ1) is 18.2. The molecule has 1 aliphatic rings. The molecular formula is C19H19F3N2O2. The topological polar surface area (TPSA) is 55.1 Å². The molecule has 0 spiro atoms. The molecule has 26 heavy (non-hydrogen) atoms. The molecule has 1 heterocycles. The zero-order valence-corrected chi connectivity index (χ0v) is 14.2. The van der Waals surface area contributed by atoms with Crippen LogP contribution in [0.3, 0.4) is 0 Å². The number of aromatic nitrogens is 1. The van der Waals surface area contributed by atoms with Gasteiger partial charge in [0.1, 0.15) is 0 Å². The molecule has 1 amide bonds. The van der Waals surface area contributed by atoms with Gasteiger partial charge in [-0.2, -0.15) is 13.2 Å². The van der Waals surface area contributed by atoms with E-state index in [0.29, 0.717) is 12.2 Å². The number of hydrogen-bond acceptors (Lipinski definition) is 3. The molecule has 2 aromatic rings. The van der Waals surface area contributed by atoms with Crippen molar-refractivity contribution in [2.75, 3.05) is 5.32 Å². The van der Waals surface area contributed by atoms with Crippen LogP contribution in [0.5, 0.6) is 0 Å². The van der Waals surface area contributed by atoms with Crippen molar-refractivity contribution in [1.29, 1.82) is 0 Å². The van der Waals surface area contributed by atoms with Crippen molar-refractivity contribution in [1.82, 2.24) is 5.16 Å². The third-order valence-corrected chi connectivity index (χ3v) is 4.34. The predicted molar refractivity (Wildman–Crippen MR) is 91.6 cm³/mol. The first-order chi connectivity index (χ1) is 12.4. The molecule has 1 aromatic heterocycles. The number of rotatable bonds is 5. The van der Waals surface area contributed by atoms with E-state index in [1.165, 1.54) is 6.07 Å². The molecule has 0 fully saturated rings. The summed E-state index contributed by atoms with van der Waals surface area (Å²) >= 11 is 0. The summed E-state index contributed by atoms with van der Waals surface area (Å²) in [6, 6.07) is 3.46. The Morgan fingerprint density at radius 1 is 1.27 bits per heavy atom. The van der Waals surface area contributed by atoms with E-state index >= 15 is 0 Å². The Morgan fingerprint density at radius 3 is 2.77 bits per heavy atom. The number of benzene rings is 1. The normalized spacial score (nSPS) is 14.0. The lowest BCUT2D eigenvalue weighted by Crippen LogP contribution is -2.13. The number of amides is 1. The van der Waals surface area contributed by atoms with Gasteiger partial charge in [0.25, 0.3) is 0 Å². The number of alkyl halides is 3. The van der Waals surface area contributed by atoms with Crippen LogP contribution in [0.4, 0.5) is 18.9 Å². The summed E-state index contributed by atoms with van der Waals surface area (Å²) in [5, 5.41) is 6.52. The maximum Gasteiger partial charge on any atom is 0.416 e. The number of carbonyl (C=O) groups is 1. The molecule has 138 valence electrons. The van der Waals surface area contributed by atoms with Crippen molar-refractivity contribution in [3.05, 3.63) is 47.7 Å². The second-order valence-electron chi connectivity index (χ2n) is 6.32. The average Bonchev–Trinajstić information content (AvgIpc) is 3.03. The Bertz CT molecular complexity index is 825. The van der Waals surface area contributed by atoms with Gasteiger partial charge in [-0.3, -0.25) is 4.79 Å². The highest BCUT2D eigenvalue weighted by molar-refractivity contribution is 5.91. The molecule has 4 nitrogen and oxygen atoms in total. The molecule has 1 aromatic carbocycles. The Balaban J connectivity index is 1.99. The first-order valence-corrected chi connectivity index (χ1v) is 8.49. The molecule has 1 N–H and O–H groups in total. The van der Waals surface area contributed by atoms with Crippen LogP contribution in [-0.2, 0) is 23.8 Å². The van der Waals surface area contributed by atoms with E-state index in [0.717, 1.165) is 49.1 Å². The zero-order chi connectivity index (χ0) is 18.7. The van der Waals surface area contributed by atoms with Gasteiger partial charge in [0.05, 0.1) is 11.3 Å². The maximum absolute atomic E-state index is 13.3. The van der Waals surface area contributed by atoms with Gasteiger partial charge in [0.2, 0.25) is 5.91 Å². The zero-order valence-electron chi connectivity index (χ0n) is 14.2. The lowest BCUT2D eigenvalue weighted by atomic mass is 9.93. The molecular weight excluding hydrogens is 345 g/mol. The maximum atomic E-state index is 13.3. The fourth-order valence-corrected chi connectivity index (χ4v) is 3.07. The number of nitrogens with one attached hydrogen (secondary N) is 1. The number of allylic oxidation sites excluding steroid dienone is 1. The molecule has 1 aliphatic carbocycles. The average molecular weight is 364 g/mol. The lowest BCUT2D eigenvalue weighted by molar-refractivity contribution is -0.137. The fraction of sp³-hybridized carbons (Fsp3) is 0.368. The number of carbonyl (C=O) groups excluding carboxylic acids is 1. The predicted octanol–water partition coefficient (Wildman–Crippen LogP) is 5.14. The molecule has 0 atom stereocenters. The van der Waals surface area contributed by atoms with E-state index in [1.807, 2.05) is 0 Å². The van der Waals surface area contributed by atoms with Gasteiger partial charge >= 0.3 is 6.18 Å². The second kappa shape index (κ2) is 7.35. The molecule has 0 saturated carbocycles. The summed E-state index contributed by atoms with van der Waals surface area (Å²) in [7, 11) is 0. The van der Waals surface area contributed by atoms with Crippen LogP contribution >= 0.6 is 0 Å². The Hall–Kier alpha value is -2.57. The van der Waals surface area contributed by atoms with Crippen LogP contribution in [0.1, 0.15) is 42.5 Å². The monoisotopic (exact) mass is 364 g/mol. The number of anilines is 1. The highest BCUT2D eigenvalue weighted by atomic mass is 19.4. The molecule has 0 unspecified atom stereocenters. The third-order valence-electron chi connectivity index (χ3n) is 4.34. The summed E-state index contributed by atoms with van der Waals surface area (Å²) in [5.41, 5.74) is 1.19. The molecule has 0 saturated heterocycles. The smallest absolute Gasteiger partial charge is 0.356 e. The van der Waals surface area contributed by atoms with Gasteiger partial charge in [-0.05, 0) is 50.3 Å². The van der Waals surface area contributed by atoms with Crippen molar-refractivity contribution in [3.63, 3.8) is 0 Å². The van der Waals surface area contributed by atoms with Gasteiger partial charge < -0.3 is 9.84 Å². The number of nitrogens with zero attached hydrogens (tertiary/aromatic N) is 1. The Labute approximate surface area is 149 Å². The van der Waals surface area contributed by atoms with Crippen molar-refractivity contribution in [2.24, 2.45) is 0 Å². The lowest BCUT2D eigenvalue weighted by Gasteiger charge is -2.14. The first-order valence-electron chi connectivity index (χ1n) is 8.49. The van der Waals surface area contributed by atoms with Gasteiger partial charge in [-0.1, -0.05) is 11.2 Å². The molecule has 0 aliphatic heterocycles. The largest absolute Gasteiger partial charge is 0.416 e. The summed E-state index contributed by atoms with van der Waals surface area (Å²) in [5.74, 6) is -0.0119. The van der Waals surface area contributed by atoms with Crippen LogP contribution in [0.25, 0.3) is 11.3 Å². The van der Waals surface area contributed by atoms with Crippen molar-refractivity contribution in [2.45, 2.75) is 44.7 Å². The summed E-state index contributed by atoms with van der Waals surface area (Å²) in [6.45, 7) is 3.53. The molecule has 0 radical (unpaired) electrons. The minimum Gasteiger partial charge on any atom is -0.356 e. The van der Waals surface area contributed by atoms with Crippen molar-refractivity contribution in [3.8, 4) is 11.3 Å². The van der Waals surface area contributed by atoms with Crippen LogP contribution in [0.15, 0.2) is 35.4 Å². The van der Waals surface area contributed by atoms with Crippen molar-refractivity contribution < 1.29 is 22.5 Å². The summed E-state index contributed by atoms with van der Waals surface area (Å²) in [4.78, 5) is 11.9. The van der Waals surface area contributed by atoms with E-state index in [-0.39, 0.29) is 23.6 Å². The van der Waals surface area contributed by atoms with Gasteiger partial charge in [0.15, 0.2) is 5.76 Å². The van der Waals surface area contributed by atoms with E-state index in [1.54, 1.807) is 6.08 Å². The minimum atomic E-state index is -4.53. The summed E-state index contributed by atoms with van der Waals surface area (Å²) in [6.07, 6.45) is 1.10.